The van der Waals surface area contributed by atoms with E-state index in [4.69, 9.17) is 0 Å². The number of alkyl halides is 26. The first-order valence-electron chi connectivity index (χ1n) is 10.0. The number of quaternary nitrogens is 1. The Balaban J connectivity index is 7.40. The van der Waals surface area contributed by atoms with Gasteiger partial charge < -0.3 is 4.48 Å². The summed E-state index contributed by atoms with van der Waals surface area (Å²) < 4.78 is 348. The number of hydrogen-bond donors (Lipinski definition) is 0. The van der Waals surface area contributed by atoms with Crippen molar-refractivity contribution in [1.29, 1.82) is 0 Å². The Hall–Kier alpha value is -1.86. The molecule has 0 fully saturated rings. The molecule has 27 heteroatoms. The van der Waals surface area contributed by atoms with Gasteiger partial charge >= 0.3 is 77.5 Å². The Bertz CT molecular complexity index is 1030. The number of rotatable bonds is 14. The second-order valence-electron chi connectivity index (χ2n) is 9.82. The van der Waals surface area contributed by atoms with Crippen molar-refractivity contribution in [1.82, 2.24) is 0 Å². The van der Waals surface area contributed by atoms with Crippen molar-refractivity contribution in [3.8, 4) is 0 Å². The monoisotopic (exact) mass is 724 g/mol. The molecule has 0 aliphatic rings. The molecule has 0 saturated carbocycles. The lowest BCUT2D eigenvalue weighted by molar-refractivity contribution is -0.880. The molecule has 0 saturated heterocycles. The van der Waals surface area contributed by atoms with Gasteiger partial charge in [-0.1, -0.05) is 0 Å². The van der Waals surface area contributed by atoms with Crippen LogP contribution in [0.2, 0.25) is 0 Å². The third-order valence-corrected chi connectivity index (χ3v) is 5.37. The van der Waals surface area contributed by atoms with Crippen LogP contribution in [0, 0.1) is 0 Å². The summed E-state index contributed by atoms with van der Waals surface area (Å²) in [6.45, 7) is -2.82. The second-order valence-corrected chi connectivity index (χ2v) is 9.82. The predicted octanol–water partition coefficient (Wildman–Crippen LogP) is 8.58. The van der Waals surface area contributed by atoms with Crippen molar-refractivity contribution in [2.24, 2.45) is 0 Å². The fourth-order valence-corrected chi connectivity index (χ4v) is 2.85. The van der Waals surface area contributed by atoms with Crippen LogP contribution >= 0.6 is 0 Å². The van der Waals surface area contributed by atoms with Gasteiger partial charge in [-0.3, -0.25) is 0 Å². The molecule has 0 heterocycles. The Labute approximate surface area is 225 Å². The third kappa shape index (κ3) is 5.16. The highest BCUT2D eigenvalue weighted by Crippen LogP contribution is 2.68. The van der Waals surface area contributed by atoms with E-state index in [0.29, 0.717) is 21.1 Å². The third-order valence-electron chi connectivity index (χ3n) is 5.37. The van der Waals surface area contributed by atoms with Crippen molar-refractivity contribution < 1.29 is 119 Å². The summed E-state index contributed by atoms with van der Waals surface area (Å²) in [6.07, 6.45) is -6.31. The van der Waals surface area contributed by atoms with E-state index in [0.717, 1.165) is 0 Å². The lowest BCUT2D eigenvalue weighted by Gasteiger charge is -2.46. The molecule has 0 atom stereocenters. The first-order valence-corrected chi connectivity index (χ1v) is 10.0. The van der Waals surface area contributed by atoms with Crippen molar-refractivity contribution in [3.63, 3.8) is 0 Å². The van der Waals surface area contributed by atoms with Crippen LogP contribution in [0.4, 0.5) is 114 Å². The number of nitrogens with zero attached hydrogens (tertiary/aromatic N) is 1. The molecule has 0 bridgehead atoms. The molecule has 0 rings (SSSR count). The Morgan fingerprint density at radius 2 is 0.523 bits per heavy atom. The highest BCUT2D eigenvalue weighted by molar-refractivity contribution is 5.20. The van der Waals surface area contributed by atoms with Crippen LogP contribution in [0.5, 0.6) is 0 Å². The maximum absolute atomic E-state index is 13.8. The first-order chi connectivity index (χ1) is 18.4. The lowest BCUT2D eigenvalue weighted by atomic mass is 9.84. The number of halogens is 26. The van der Waals surface area contributed by atoms with E-state index >= 15 is 0 Å². The van der Waals surface area contributed by atoms with Gasteiger partial charge in [-0.05, 0) is 0 Å². The van der Waals surface area contributed by atoms with Crippen molar-refractivity contribution in [2.45, 2.75) is 77.5 Å². The van der Waals surface area contributed by atoms with Gasteiger partial charge in [0.15, 0.2) is 0 Å². The lowest BCUT2D eigenvalue weighted by Crippen LogP contribution is -2.78. The second kappa shape index (κ2) is 10.3. The van der Waals surface area contributed by atoms with Crippen molar-refractivity contribution in [3.05, 3.63) is 0 Å². The van der Waals surface area contributed by atoms with Crippen LogP contribution in [-0.4, -0.2) is 110 Å². The molecule has 0 aromatic heterocycles. The summed E-state index contributed by atoms with van der Waals surface area (Å²) in [5.41, 5.74) is 0. The molecule has 0 amide bonds. The van der Waals surface area contributed by atoms with Gasteiger partial charge in [-0.2, -0.15) is 105 Å². The van der Waals surface area contributed by atoms with E-state index in [1.54, 1.807) is 0 Å². The summed E-state index contributed by atoms with van der Waals surface area (Å²) in [7, 11) is 1.13. The minimum atomic E-state index is -9.65. The molecule has 1 nitrogen and oxygen atoms in total. The van der Waals surface area contributed by atoms with Crippen LogP contribution in [0.3, 0.4) is 0 Å². The van der Waals surface area contributed by atoms with Gasteiger partial charge in [0.1, 0.15) is 6.54 Å². The minimum Gasteiger partial charge on any atom is -0.326 e. The molecular weight excluding hydrogens is 712 g/mol. The summed E-state index contributed by atoms with van der Waals surface area (Å²) in [6, 6.07) is 0. The highest BCUT2D eigenvalue weighted by Gasteiger charge is 2.99. The molecule has 0 aliphatic carbocycles. The average molecular weight is 724 g/mol. The van der Waals surface area contributed by atoms with Crippen molar-refractivity contribution >= 4 is 0 Å². The average Bonchev–Trinajstić information content (AvgIpc) is 2.75. The topological polar surface area (TPSA) is 0 Å². The molecule has 0 aliphatic heterocycles. The summed E-state index contributed by atoms with van der Waals surface area (Å²) >= 11 is 0. The van der Waals surface area contributed by atoms with E-state index in [2.05, 4.69) is 0 Å². The fraction of sp³-hybridized carbons (Fsp3) is 1.00. The van der Waals surface area contributed by atoms with Crippen LogP contribution in [0.1, 0.15) is 0 Å². The highest BCUT2D eigenvalue weighted by atomic mass is 19.4. The predicted molar refractivity (Wildman–Crippen MR) is 88.3 cm³/mol. The zero-order valence-corrected chi connectivity index (χ0v) is 20.6. The summed E-state index contributed by atoms with van der Waals surface area (Å²) in [5.74, 6) is -107. The smallest absolute Gasteiger partial charge is 0.326 e. The SMILES string of the molecule is C[N+](C)(C)CC(F)(F)C(F)(F)C(F)(F)C(F)(F)C(F)(F)C(F)(F)C(F)(F)C(F)(F)C(F)(F)C(F)(F)C(F)(F)C(F)(F)C(F)F. The molecule has 0 radical (unpaired) electrons. The molecule has 0 aromatic carbocycles. The molecular formula is C17H12F26N+. The summed E-state index contributed by atoms with van der Waals surface area (Å²) in [4.78, 5) is 0. The Morgan fingerprint density at radius 3 is 0.705 bits per heavy atom. The van der Waals surface area contributed by atoms with Gasteiger partial charge in [-0.25, -0.2) is 8.78 Å². The van der Waals surface area contributed by atoms with Gasteiger partial charge in [0.05, 0.1) is 21.1 Å². The van der Waals surface area contributed by atoms with Crippen LogP contribution in [0.25, 0.3) is 0 Å². The molecule has 44 heavy (non-hydrogen) atoms. The Morgan fingerprint density at radius 1 is 0.341 bits per heavy atom. The van der Waals surface area contributed by atoms with Gasteiger partial charge in [0, 0.05) is 0 Å². The minimum absolute atomic E-state index is 0.377. The van der Waals surface area contributed by atoms with Gasteiger partial charge in [0.2, 0.25) is 0 Å². The first kappa shape index (κ1) is 42.1. The van der Waals surface area contributed by atoms with Crippen LogP contribution in [0.15, 0.2) is 0 Å². The standard InChI is InChI=1S/C17H12F26N/c1-44(2,3)4-6(20,21)8(24,25)10(28,29)12(32,33)14(36,37)16(40,41)17(42,43)15(38,39)13(34,35)11(30,31)9(26,27)7(22,23)5(18)19/h5H,4H2,1-3H3/q+1. The van der Waals surface area contributed by atoms with Crippen molar-refractivity contribution in [2.75, 3.05) is 27.7 Å². The largest absolute Gasteiger partial charge is 0.385 e. The molecule has 0 spiro atoms. The normalized spacial score (nSPS) is 17.0. The fourth-order valence-electron chi connectivity index (χ4n) is 2.85. The maximum Gasteiger partial charge on any atom is 0.385 e. The van der Waals surface area contributed by atoms with E-state index < -0.39 is 88.5 Å². The Kier molecular flexibility index (Phi) is 9.88. The van der Waals surface area contributed by atoms with E-state index in [-0.39, 0.29) is 0 Å². The van der Waals surface area contributed by atoms with Gasteiger partial charge in [0.25, 0.3) is 0 Å². The van der Waals surface area contributed by atoms with E-state index in [1.165, 1.54) is 0 Å². The maximum atomic E-state index is 13.8. The van der Waals surface area contributed by atoms with Gasteiger partial charge in [-0.15, -0.1) is 0 Å². The summed E-state index contributed by atoms with van der Waals surface area (Å²) in [5, 5.41) is 0. The van der Waals surface area contributed by atoms with Crippen LogP contribution < -0.4 is 0 Å². The quantitative estimate of drug-likeness (QED) is 0.125. The molecule has 0 N–H and O–H groups in total. The zero-order chi connectivity index (χ0) is 36.8. The zero-order valence-electron chi connectivity index (χ0n) is 20.6. The molecule has 266 valence electrons. The number of hydrogen-bond acceptors (Lipinski definition) is 0. The molecule has 0 aromatic rings. The van der Waals surface area contributed by atoms with Crippen LogP contribution in [-0.2, 0) is 0 Å². The molecule has 0 unspecified atom stereocenters. The van der Waals surface area contributed by atoms with E-state index in [1.807, 2.05) is 0 Å². The van der Waals surface area contributed by atoms with E-state index in [9.17, 15) is 114 Å².